The number of carbonyl (C=O) groups excluding carboxylic acids is 1. The largest absolute Gasteiger partial charge is 0.341 e. The Balaban J connectivity index is 2.90. The summed E-state index contributed by atoms with van der Waals surface area (Å²) in [6.45, 7) is 4.55. The number of rotatable bonds is 7. The van der Waals surface area contributed by atoms with Crippen LogP contribution in [0.5, 0.6) is 0 Å². The van der Waals surface area contributed by atoms with Gasteiger partial charge >= 0.3 is 0 Å². The van der Waals surface area contributed by atoms with Crippen molar-refractivity contribution >= 4 is 11.6 Å². The van der Waals surface area contributed by atoms with Crippen LogP contribution < -0.4 is 5.73 Å². The van der Waals surface area contributed by atoms with Crippen molar-refractivity contribution < 1.29 is 9.72 Å². The third kappa shape index (κ3) is 3.78. The molecule has 0 fully saturated rings. The molecule has 0 aliphatic heterocycles. The SMILES string of the molecule is CCC(CC)(CN)C(=O)N(C)Cc1cccc([N+](=O)[O-])c1. The molecule has 1 aromatic rings. The fourth-order valence-electron chi connectivity index (χ4n) is 2.45. The molecule has 1 aromatic carbocycles. The van der Waals surface area contributed by atoms with Gasteiger partial charge in [0.15, 0.2) is 0 Å². The van der Waals surface area contributed by atoms with E-state index in [4.69, 9.17) is 5.73 Å². The maximum Gasteiger partial charge on any atom is 0.269 e. The summed E-state index contributed by atoms with van der Waals surface area (Å²) in [5.41, 5.74) is 6.01. The third-order valence-corrected chi connectivity index (χ3v) is 4.09. The van der Waals surface area contributed by atoms with Crippen molar-refractivity contribution in [2.24, 2.45) is 11.1 Å². The molecule has 0 aliphatic rings. The predicted octanol–water partition coefficient (Wildman–Crippen LogP) is 2.32. The first-order valence-corrected chi connectivity index (χ1v) is 7.09. The Morgan fingerprint density at radius 1 is 1.38 bits per heavy atom. The molecule has 0 saturated heterocycles. The molecule has 0 bridgehead atoms. The number of carbonyl (C=O) groups is 1. The molecule has 1 amide bonds. The molecule has 0 spiro atoms. The Morgan fingerprint density at radius 3 is 2.48 bits per heavy atom. The Bertz CT molecular complexity index is 504. The van der Waals surface area contributed by atoms with Crippen LogP contribution >= 0.6 is 0 Å². The summed E-state index contributed by atoms with van der Waals surface area (Å²) < 4.78 is 0. The Labute approximate surface area is 125 Å². The molecule has 116 valence electrons. The molecular formula is C15H23N3O3. The minimum atomic E-state index is -0.546. The van der Waals surface area contributed by atoms with Crippen LogP contribution in [-0.4, -0.2) is 29.3 Å². The molecular weight excluding hydrogens is 270 g/mol. The molecule has 6 nitrogen and oxygen atoms in total. The number of hydrogen-bond donors (Lipinski definition) is 1. The van der Waals surface area contributed by atoms with Gasteiger partial charge in [0.2, 0.25) is 5.91 Å². The minimum absolute atomic E-state index is 0.0125. The number of benzene rings is 1. The van der Waals surface area contributed by atoms with Gasteiger partial charge in [0.25, 0.3) is 5.69 Å². The summed E-state index contributed by atoms with van der Waals surface area (Å²) in [6, 6.07) is 6.33. The van der Waals surface area contributed by atoms with Crippen LogP contribution in [0.2, 0.25) is 0 Å². The van der Waals surface area contributed by atoms with Gasteiger partial charge in [-0.3, -0.25) is 14.9 Å². The molecule has 0 aliphatic carbocycles. The molecule has 0 aromatic heterocycles. The van der Waals surface area contributed by atoms with Crippen LogP contribution in [0.3, 0.4) is 0 Å². The zero-order valence-electron chi connectivity index (χ0n) is 12.8. The number of nitrogens with two attached hydrogens (primary N) is 1. The summed E-state index contributed by atoms with van der Waals surface area (Å²) in [4.78, 5) is 24.5. The maximum atomic E-state index is 12.6. The highest BCUT2D eigenvalue weighted by Crippen LogP contribution is 2.28. The smallest absolute Gasteiger partial charge is 0.269 e. The topological polar surface area (TPSA) is 89.5 Å². The summed E-state index contributed by atoms with van der Waals surface area (Å²) in [5.74, 6) is -0.0125. The van der Waals surface area contributed by atoms with Crippen LogP contribution in [0.4, 0.5) is 5.69 Å². The number of non-ortho nitro benzene ring substituents is 1. The molecule has 21 heavy (non-hydrogen) atoms. The zero-order valence-corrected chi connectivity index (χ0v) is 12.8. The average Bonchev–Trinajstić information content (AvgIpc) is 2.49. The molecule has 0 saturated carbocycles. The third-order valence-electron chi connectivity index (χ3n) is 4.09. The number of nitro groups is 1. The lowest BCUT2D eigenvalue weighted by Crippen LogP contribution is -2.45. The Morgan fingerprint density at radius 2 is 2.00 bits per heavy atom. The summed E-state index contributed by atoms with van der Waals surface area (Å²) in [7, 11) is 1.71. The maximum absolute atomic E-state index is 12.6. The highest BCUT2D eigenvalue weighted by Gasteiger charge is 2.35. The summed E-state index contributed by atoms with van der Waals surface area (Å²) in [5, 5.41) is 10.8. The molecule has 0 radical (unpaired) electrons. The Hall–Kier alpha value is -1.95. The van der Waals surface area contributed by atoms with Crippen LogP contribution in [0.25, 0.3) is 0 Å². The van der Waals surface area contributed by atoms with Gasteiger partial charge in [-0.1, -0.05) is 26.0 Å². The minimum Gasteiger partial charge on any atom is -0.341 e. The highest BCUT2D eigenvalue weighted by molar-refractivity contribution is 5.82. The lowest BCUT2D eigenvalue weighted by Gasteiger charge is -2.33. The van der Waals surface area contributed by atoms with E-state index in [0.29, 0.717) is 25.9 Å². The lowest BCUT2D eigenvalue weighted by atomic mass is 9.81. The van der Waals surface area contributed by atoms with Crippen molar-refractivity contribution in [2.75, 3.05) is 13.6 Å². The van der Waals surface area contributed by atoms with E-state index in [-0.39, 0.29) is 11.6 Å². The molecule has 1 rings (SSSR count). The van der Waals surface area contributed by atoms with E-state index in [2.05, 4.69) is 0 Å². The van der Waals surface area contributed by atoms with E-state index in [0.717, 1.165) is 5.56 Å². The van der Waals surface area contributed by atoms with E-state index in [1.807, 2.05) is 13.8 Å². The van der Waals surface area contributed by atoms with E-state index in [1.54, 1.807) is 24.1 Å². The van der Waals surface area contributed by atoms with Gasteiger partial charge in [0, 0.05) is 32.3 Å². The van der Waals surface area contributed by atoms with Gasteiger partial charge in [0.05, 0.1) is 10.3 Å². The molecule has 6 heteroatoms. The fourth-order valence-corrected chi connectivity index (χ4v) is 2.45. The van der Waals surface area contributed by atoms with Crippen LogP contribution in [-0.2, 0) is 11.3 Å². The molecule has 0 atom stereocenters. The van der Waals surface area contributed by atoms with Gasteiger partial charge in [-0.15, -0.1) is 0 Å². The second kappa shape index (κ2) is 7.17. The number of amides is 1. The van der Waals surface area contributed by atoms with Crippen LogP contribution in [0.1, 0.15) is 32.3 Å². The number of hydrogen-bond acceptors (Lipinski definition) is 4. The van der Waals surface area contributed by atoms with Crippen molar-refractivity contribution in [1.82, 2.24) is 4.90 Å². The van der Waals surface area contributed by atoms with E-state index in [9.17, 15) is 14.9 Å². The second-order valence-electron chi connectivity index (χ2n) is 5.28. The number of nitro benzene ring substituents is 1. The molecule has 0 heterocycles. The van der Waals surface area contributed by atoms with E-state index in [1.165, 1.54) is 12.1 Å². The van der Waals surface area contributed by atoms with Crippen molar-refractivity contribution in [1.29, 1.82) is 0 Å². The van der Waals surface area contributed by atoms with Gasteiger partial charge in [-0.2, -0.15) is 0 Å². The van der Waals surface area contributed by atoms with Gasteiger partial charge in [-0.25, -0.2) is 0 Å². The zero-order chi connectivity index (χ0) is 16.0. The van der Waals surface area contributed by atoms with Crippen molar-refractivity contribution in [3.63, 3.8) is 0 Å². The van der Waals surface area contributed by atoms with Crippen molar-refractivity contribution in [2.45, 2.75) is 33.2 Å². The number of nitrogens with zero attached hydrogens (tertiary/aromatic N) is 2. The monoisotopic (exact) mass is 293 g/mol. The first-order chi connectivity index (χ1) is 9.90. The highest BCUT2D eigenvalue weighted by atomic mass is 16.6. The van der Waals surface area contributed by atoms with Gasteiger partial charge in [-0.05, 0) is 18.4 Å². The van der Waals surface area contributed by atoms with Crippen LogP contribution in [0.15, 0.2) is 24.3 Å². The molecule has 2 N–H and O–H groups in total. The van der Waals surface area contributed by atoms with E-state index < -0.39 is 10.3 Å². The normalized spacial score (nSPS) is 11.2. The first-order valence-electron chi connectivity index (χ1n) is 7.09. The van der Waals surface area contributed by atoms with Gasteiger partial charge in [0.1, 0.15) is 0 Å². The second-order valence-corrected chi connectivity index (χ2v) is 5.28. The lowest BCUT2D eigenvalue weighted by molar-refractivity contribution is -0.384. The van der Waals surface area contributed by atoms with Crippen molar-refractivity contribution in [3.8, 4) is 0 Å². The summed E-state index contributed by atoms with van der Waals surface area (Å²) in [6.07, 6.45) is 1.36. The summed E-state index contributed by atoms with van der Waals surface area (Å²) >= 11 is 0. The quantitative estimate of drug-likeness (QED) is 0.617. The predicted molar refractivity (Wildman–Crippen MR) is 81.6 cm³/mol. The Kier molecular flexibility index (Phi) is 5.84. The fraction of sp³-hybridized carbons (Fsp3) is 0.533. The average molecular weight is 293 g/mol. The van der Waals surface area contributed by atoms with Gasteiger partial charge < -0.3 is 10.6 Å². The van der Waals surface area contributed by atoms with E-state index >= 15 is 0 Å². The van der Waals surface area contributed by atoms with Crippen LogP contribution in [0, 0.1) is 15.5 Å². The standard InChI is InChI=1S/C15H23N3O3/c1-4-15(5-2,11-16)14(19)17(3)10-12-7-6-8-13(9-12)18(20)21/h6-9H,4-5,10-11,16H2,1-3H3. The molecule has 0 unspecified atom stereocenters. The van der Waals surface area contributed by atoms with Crippen molar-refractivity contribution in [3.05, 3.63) is 39.9 Å². The first kappa shape index (κ1) is 17.1.